The van der Waals surface area contributed by atoms with E-state index in [0.717, 1.165) is 0 Å². The van der Waals surface area contributed by atoms with Gasteiger partial charge in [0.05, 0.1) is 0 Å². The third-order valence-electron chi connectivity index (χ3n) is 3.41. The summed E-state index contributed by atoms with van der Waals surface area (Å²) in [6.45, 7) is -1.79. The fraction of sp³-hybridized carbons (Fsp3) is 0.167. The highest BCUT2D eigenvalue weighted by molar-refractivity contribution is 5.99. The summed E-state index contributed by atoms with van der Waals surface area (Å²) in [5.41, 5.74) is 5.51. The van der Waals surface area contributed by atoms with Crippen molar-refractivity contribution in [3.8, 4) is 5.75 Å². The first kappa shape index (κ1) is 19.8. The molecule has 7 nitrogen and oxygen atoms in total. The molecule has 0 radical (unpaired) electrons. The number of primary amides is 1. The Morgan fingerprint density at radius 1 is 1.04 bits per heavy atom. The smallest absolute Gasteiger partial charge is 0.387 e. The van der Waals surface area contributed by atoms with Crippen LogP contribution in [0.25, 0.3) is 0 Å². The average molecular weight is 378 g/mol. The highest BCUT2D eigenvalue weighted by Gasteiger charge is 2.22. The van der Waals surface area contributed by atoms with E-state index in [-0.39, 0.29) is 16.9 Å². The standard InChI is InChI=1S/C18H16F2N2O5/c1-10(16(24)22-12-8-6-11(7-9-12)15(21)23)26-17(25)13-4-2-3-5-14(13)27-18(19)20/h2-10,18H,1H3,(H2,21,23)(H,22,24). The number of para-hydroxylation sites is 1. The van der Waals surface area contributed by atoms with Gasteiger partial charge in [0.25, 0.3) is 5.91 Å². The van der Waals surface area contributed by atoms with Crippen LogP contribution in [0, 0.1) is 0 Å². The highest BCUT2D eigenvalue weighted by Crippen LogP contribution is 2.21. The number of nitrogens with one attached hydrogen (secondary N) is 1. The van der Waals surface area contributed by atoms with Crippen LogP contribution in [-0.4, -0.2) is 30.5 Å². The highest BCUT2D eigenvalue weighted by atomic mass is 19.3. The van der Waals surface area contributed by atoms with E-state index in [4.69, 9.17) is 10.5 Å². The van der Waals surface area contributed by atoms with Gasteiger partial charge in [0.1, 0.15) is 11.3 Å². The van der Waals surface area contributed by atoms with E-state index in [2.05, 4.69) is 10.1 Å². The van der Waals surface area contributed by atoms with E-state index in [1.807, 2.05) is 0 Å². The Morgan fingerprint density at radius 3 is 2.26 bits per heavy atom. The van der Waals surface area contributed by atoms with Crippen molar-refractivity contribution in [2.75, 3.05) is 5.32 Å². The molecule has 3 N–H and O–H groups in total. The maximum atomic E-state index is 12.4. The van der Waals surface area contributed by atoms with Crippen molar-refractivity contribution < 1.29 is 32.6 Å². The van der Waals surface area contributed by atoms with Gasteiger partial charge in [-0.1, -0.05) is 12.1 Å². The fourth-order valence-corrected chi connectivity index (χ4v) is 2.07. The second kappa shape index (κ2) is 8.75. The predicted octanol–water partition coefficient (Wildman–Crippen LogP) is 2.57. The number of ether oxygens (including phenoxy) is 2. The van der Waals surface area contributed by atoms with Crippen LogP contribution in [0.15, 0.2) is 48.5 Å². The van der Waals surface area contributed by atoms with E-state index in [9.17, 15) is 23.2 Å². The van der Waals surface area contributed by atoms with Crippen molar-refractivity contribution in [1.29, 1.82) is 0 Å². The Hall–Kier alpha value is -3.49. The summed E-state index contributed by atoms with van der Waals surface area (Å²) in [4.78, 5) is 35.3. The summed E-state index contributed by atoms with van der Waals surface area (Å²) in [5.74, 6) is -2.60. The molecule has 2 aromatic rings. The van der Waals surface area contributed by atoms with Crippen LogP contribution in [0.3, 0.4) is 0 Å². The Balaban J connectivity index is 2.01. The zero-order valence-corrected chi connectivity index (χ0v) is 14.1. The quantitative estimate of drug-likeness (QED) is 0.720. The number of benzene rings is 2. The number of rotatable bonds is 7. The fourth-order valence-electron chi connectivity index (χ4n) is 2.07. The van der Waals surface area contributed by atoms with E-state index >= 15 is 0 Å². The van der Waals surface area contributed by atoms with Crippen LogP contribution in [0.2, 0.25) is 0 Å². The lowest BCUT2D eigenvalue weighted by atomic mass is 10.2. The van der Waals surface area contributed by atoms with Crippen molar-refractivity contribution in [1.82, 2.24) is 0 Å². The molecule has 1 atom stereocenters. The third kappa shape index (κ3) is 5.50. The minimum atomic E-state index is -3.11. The van der Waals surface area contributed by atoms with Crippen molar-refractivity contribution in [2.24, 2.45) is 5.73 Å². The van der Waals surface area contributed by atoms with E-state index in [1.54, 1.807) is 0 Å². The summed E-state index contributed by atoms with van der Waals surface area (Å²) in [6, 6.07) is 11.1. The van der Waals surface area contributed by atoms with Crippen LogP contribution in [0.1, 0.15) is 27.6 Å². The second-order valence-corrected chi connectivity index (χ2v) is 5.35. The lowest BCUT2D eigenvalue weighted by Gasteiger charge is -2.15. The summed E-state index contributed by atoms with van der Waals surface area (Å²) in [5, 5.41) is 2.49. The van der Waals surface area contributed by atoms with Crippen LogP contribution >= 0.6 is 0 Å². The lowest BCUT2D eigenvalue weighted by Crippen LogP contribution is -2.30. The SMILES string of the molecule is CC(OC(=O)c1ccccc1OC(F)F)C(=O)Nc1ccc(C(N)=O)cc1. The number of anilines is 1. The zero-order chi connectivity index (χ0) is 20.0. The number of esters is 1. The number of amides is 2. The van der Waals surface area contributed by atoms with Gasteiger partial charge in [0.15, 0.2) is 6.10 Å². The average Bonchev–Trinajstić information content (AvgIpc) is 2.61. The molecule has 0 aliphatic rings. The molecule has 27 heavy (non-hydrogen) atoms. The van der Waals surface area contributed by atoms with Crippen molar-refractivity contribution in [3.05, 3.63) is 59.7 Å². The summed E-state index contributed by atoms with van der Waals surface area (Å²) < 4.78 is 34.1. The molecule has 2 amide bonds. The Kier molecular flexibility index (Phi) is 6.42. The second-order valence-electron chi connectivity index (χ2n) is 5.35. The summed E-state index contributed by atoms with van der Waals surface area (Å²) in [7, 11) is 0. The van der Waals surface area contributed by atoms with Gasteiger partial charge in [-0.2, -0.15) is 8.78 Å². The van der Waals surface area contributed by atoms with Crippen LogP contribution < -0.4 is 15.8 Å². The molecule has 2 aromatic carbocycles. The molecule has 142 valence electrons. The first-order chi connectivity index (χ1) is 12.8. The van der Waals surface area contributed by atoms with E-state index < -0.39 is 30.5 Å². The molecule has 0 bridgehead atoms. The molecule has 0 spiro atoms. The molecule has 0 heterocycles. The van der Waals surface area contributed by atoms with Crippen molar-refractivity contribution >= 4 is 23.5 Å². The number of alkyl halides is 2. The number of carbonyl (C=O) groups is 3. The van der Waals surface area contributed by atoms with Crippen LogP contribution in [0.4, 0.5) is 14.5 Å². The maximum Gasteiger partial charge on any atom is 0.387 e. The van der Waals surface area contributed by atoms with E-state index in [1.165, 1.54) is 55.5 Å². The molecule has 0 aromatic heterocycles. The molecule has 0 aliphatic carbocycles. The molecular weight excluding hydrogens is 362 g/mol. The summed E-state index contributed by atoms with van der Waals surface area (Å²) in [6.07, 6.45) is -1.21. The Morgan fingerprint density at radius 2 is 1.67 bits per heavy atom. The number of carbonyl (C=O) groups excluding carboxylic acids is 3. The lowest BCUT2D eigenvalue weighted by molar-refractivity contribution is -0.123. The molecule has 0 fully saturated rings. The predicted molar refractivity (Wildman–Crippen MR) is 91.5 cm³/mol. The summed E-state index contributed by atoms with van der Waals surface area (Å²) >= 11 is 0. The Bertz CT molecular complexity index is 840. The van der Waals surface area contributed by atoms with Gasteiger partial charge in [-0.25, -0.2) is 4.79 Å². The van der Waals surface area contributed by atoms with Gasteiger partial charge in [-0.05, 0) is 43.3 Å². The monoisotopic (exact) mass is 378 g/mol. The van der Waals surface area contributed by atoms with Crippen molar-refractivity contribution in [3.63, 3.8) is 0 Å². The van der Waals surface area contributed by atoms with Gasteiger partial charge in [-0.15, -0.1) is 0 Å². The topological polar surface area (TPSA) is 108 Å². The first-order valence-electron chi connectivity index (χ1n) is 7.73. The normalized spacial score (nSPS) is 11.6. The van der Waals surface area contributed by atoms with Crippen LogP contribution in [0.5, 0.6) is 5.75 Å². The first-order valence-corrected chi connectivity index (χ1v) is 7.73. The van der Waals surface area contributed by atoms with Gasteiger partial charge >= 0.3 is 12.6 Å². The van der Waals surface area contributed by atoms with Gasteiger partial charge in [0, 0.05) is 11.3 Å². The minimum absolute atomic E-state index is 0.233. The largest absolute Gasteiger partial charge is 0.449 e. The molecule has 0 saturated carbocycles. The number of nitrogens with two attached hydrogens (primary N) is 1. The number of hydrogen-bond acceptors (Lipinski definition) is 5. The van der Waals surface area contributed by atoms with Gasteiger partial charge in [-0.3, -0.25) is 9.59 Å². The molecule has 1 unspecified atom stereocenters. The van der Waals surface area contributed by atoms with E-state index in [0.29, 0.717) is 5.69 Å². The van der Waals surface area contributed by atoms with Crippen molar-refractivity contribution in [2.45, 2.75) is 19.6 Å². The molecular formula is C18H16F2N2O5. The van der Waals surface area contributed by atoms with Gasteiger partial charge in [0.2, 0.25) is 5.91 Å². The molecule has 0 saturated heterocycles. The third-order valence-corrected chi connectivity index (χ3v) is 3.41. The number of halogens is 2. The Labute approximate surface area is 153 Å². The zero-order valence-electron chi connectivity index (χ0n) is 14.1. The molecule has 2 rings (SSSR count). The maximum absolute atomic E-state index is 12.4. The minimum Gasteiger partial charge on any atom is -0.449 e. The van der Waals surface area contributed by atoms with Crippen LogP contribution in [-0.2, 0) is 9.53 Å². The number of hydrogen-bond donors (Lipinski definition) is 2. The van der Waals surface area contributed by atoms with Gasteiger partial charge < -0.3 is 20.5 Å². The molecule has 9 heteroatoms. The molecule has 0 aliphatic heterocycles.